The summed E-state index contributed by atoms with van der Waals surface area (Å²) in [6.45, 7) is 0. The molecule has 0 unspecified atom stereocenters. The maximum atomic E-state index is 12.2. The van der Waals surface area contributed by atoms with Crippen LogP contribution in [0.15, 0.2) is 18.2 Å². The van der Waals surface area contributed by atoms with Crippen LogP contribution in [0.2, 0.25) is 0 Å². The van der Waals surface area contributed by atoms with E-state index in [1.807, 2.05) is 18.2 Å². The van der Waals surface area contributed by atoms with Gasteiger partial charge in [-0.15, -0.1) is 0 Å². The molecule has 2 aromatic rings. The van der Waals surface area contributed by atoms with Gasteiger partial charge in [0, 0.05) is 26.1 Å². The molecule has 2 heterocycles. The molecule has 1 aromatic carbocycles. The van der Waals surface area contributed by atoms with E-state index in [0.717, 1.165) is 51.8 Å². The number of benzene rings is 1. The quantitative estimate of drug-likeness (QED) is 0.500. The van der Waals surface area contributed by atoms with Gasteiger partial charge in [0.05, 0.1) is 11.3 Å². The zero-order valence-corrected chi connectivity index (χ0v) is 14.0. The summed E-state index contributed by atoms with van der Waals surface area (Å²) in [5.41, 5.74) is 5.08. The molecule has 5 heteroatoms. The highest BCUT2D eigenvalue weighted by molar-refractivity contribution is 14.1. The number of rotatable bonds is 1. The van der Waals surface area contributed by atoms with E-state index in [1.165, 1.54) is 0 Å². The largest absolute Gasteiger partial charge is 0.505 e. The Morgan fingerprint density at radius 1 is 1.23 bits per heavy atom. The number of aryl methyl sites for hydroxylation is 1. The molecule has 1 amide bonds. The number of amides is 1. The summed E-state index contributed by atoms with van der Waals surface area (Å²) >= 11 is 2.23. The molecule has 3 N–H and O–H groups in total. The summed E-state index contributed by atoms with van der Waals surface area (Å²) in [5, 5.41) is 13.3. The fraction of sp³-hybridized carbons (Fsp3) is 0.235. The average Bonchev–Trinajstić information content (AvgIpc) is 2.99. The number of H-pyrrole nitrogens is 1. The standard InChI is InChI=1S/C17H15IN2O2/c18-9-5-6-14-11(7-9)12(17(22)20-14)8-15-16(21)10-3-1-2-4-13(10)19-15/h5-8,19,21H,1-4H2,(H,20,22). The van der Waals surface area contributed by atoms with Crippen molar-refractivity contribution in [2.24, 2.45) is 0 Å². The Kier molecular flexibility index (Phi) is 3.25. The van der Waals surface area contributed by atoms with Gasteiger partial charge in [-0.1, -0.05) is 0 Å². The first kappa shape index (κ1) is 13.9. The number of aromatic amines is 1. The summed E-state index contributed by atoms with van der Waals surface area (Å²) in [7, 11) is 0. The van der Waals surface area contributed by atoms with Gasteiger partial charge in [-0.3, -0.25) is 4.79 Å². The summed E-state index contributed by atoms with van der Waals surface area (Å²) in [4.78, 5) is 15.5. The minimum Gasteiger partial charge on any atom is -0.505 e. The summed E-state index contributed by atoms with van der Waals surface area (Å²) in [6, 6.07) is 5.86. The zero-order valence-electron chi connectivity index (χ0n) is 11.9. The average molecular weight is 406 g/mol. The van der Waals surface area contributed by atoms with Gasteiger partial charge in [0.25, 0.3) is 5.91 Å². The van der Waals surface area contributed by atoms with Crippen molar-refractivity contribution < 1.29 is 9.90 Å². The van der Waals surface area contributed by atoms with E-state index in [9.17, 15) is 9.90 Å². The van der Waals surface area contributed by atoms with Crippen molar-refractivity contribution in [3.8, 4) is 5.75 Å². The monoisotopic (exact) mass is 406 g/mol. The first-order chi connectivity index (χ1) is 10.6. The predicted molar refractivity (Wildman–Crippen MR) is 94.8 cm³/mol. The zero-order chi connectivity index (χ0) is 15.3. The van der Waals surface area contributed by atoms with Gasteiger partial charge in [0.2, 0.25) is 0 Å². The molecule has 0 saturated heterocycles. The van der Waals surface area contributed by atoms with Crippen LogP contribution >= 0.6 is 22.6 Å². The van der Waals surface area contributed by atoms with Crippen LogP contribution in [0.4, 0.5) is 5.69 Å². The normalized spacial score (nSPS) is 18.2. The van der Waals surface area contributed by atoms with Crippen LogP contribution < -0.4 is 5.32 Å². The third-order valence-electron chi connectivity index (χ3n) is 4.35. The molecule has 0 bridgehead atoms. The molecular weight excluding hydrogens is 391 g/mol. The molecule has 112 valence electrons. The third kappa shape index (κ3) is 2.15. The lowest BCUT2D eigenvalue weighted by molar-refractivity contribution is -0.110. The number of hydrogen-bond donors (Lipinski definition) is 3. The van der Waals surface area contributed by atoms with E-state index in [4.69, 9.17) is 0 Å². The molecule has 2 aliphatic rings. The highest BCUT2D eigenvalue weighted by Gasteiger charge is 2.26. The van der Waals surface area contributed by atoms with Crippen molar-refractivity contribution in [2.75, 3.05) is 5.32 Å². The Morgan fingerprint density at radius 2 is 2.05 bits per heavy atom. The molecule has 4 nitrogen and oxygen atoms in total. The molecule has 1 aromatic heterocycles. The number of aromatic hydroxyl groups is 1. The van der Waals surface area contributed by atoms with Crippen LogP contribution in [0.1, 0.15) is 35.4 Å². The lowest BCUT2D eigenvalue weighted by Gasteiger charge is -2.09. The second-order valence-corrected chi connectivity index (χ2v) is 7.00. The van der Waals surface area contributed by atoms with Crippen molar-refractivity contribution in [3.05, 3.63) is 44.3 Å². The fourth-order valence-electron chi connectivity index (χ4n) is 3.24. The molecule has 0 radical (unpaired) electrons. The second kappa shape index (κ2) is 5.15. The molecule has 0 atom stereocenters. The van der Waals surface area contributed by atoms with E-state index in [2.05, 4.69) is 32.9 Å². The number of aromatic nitrogens is 1. The number of fused-ring (bicyclic) bond motifs is 2. The predicted octanol–water partition coefficient (Wildman–Crippen LogP) is 3.70. The number of halogens is 1. The van der Waals surface area contributed by atoms with E-state index in [0.29, 0.717) is 17.0 Å². The third-order valence-corrected chi connectivity index (χ3v) is 5.02. The van der Waals surface area contributed by atoms with Crippen LogP contribution in [0.3, 0.4) is 0 Å². The SMILES string of the molecule is O=C1Nc2ccc(I)cc2C1=Cc1[nH]c2c(c1O)CCCC2. The van der Waals surface area contributed by atoms with Crippen molar-refractivity contribution in [1.82, 2.24) is 4.98 Å². The van der Waals surface area contributed by atoms with Crippen molar-refractivity contribution in [2.45, 2.75) is 25.7 Å². The van der Waals surface area contributed by atoms with E-state index in [-0.39, 0.29) is 5.91 Å². The number of anilines is 1. The highest BCUT2D eigenvalue weighted by atomic mass is 127. The smallest absolute Gasteiger partial charge is 0.256 e. The highest BCUT2D eigenvalue weighted by Crippen LogP contribution is 2.38. The van der Waals surface area contributed by atoms with Gasteiger partial charge in [-0.25, -0.2) is 0 Å². The molecule has 0 fully saturated rings. The Bertz CT molecular complexity index is 820. The topological polar surface area (TPSA) is 65.1 Å². The molecule has 1 aliphatic carbocycles. The van der Waals surface area contributed by atoms with Crippen LogP contribution in [0.25, 0.3) is 11.6 Å². The maximum Gasteiger partial charge on any atom is 0.256 e. The summed E-state index contributed by atoms with van der Waals surface area (Å²) < 4.78 is 1.08. The number of carbonyl (C=O) groups is 1. The van der Waals surface area contributed by atoms with Crippen molar-refractivity contribution in [1.29, 1.82) is 0 Å². The molecule has 1 aliphatic heterocycles. The number of nitrogens with one attached hydrogen (secondary N) is 2. The molecular formula is C17H15IN2O2. The first-order valence-corrected chi connectivity index (χ1v) is 8.47. The van der Waals surface area contributed by atoms with Gasteiger partial charge < -0.3 is 15.4 Å². The van der Waals surface area contributed by atoms with Crippen LogP contribution in [-0.2, 0) is 17.6 Å². The number of carbonyl (C=O) groups excluding carboxylic acids is 1. The minimum atomic E-state index is -0.121. The lowest BCUT2D eigenvalue weighted by Crippen LogP contribution is -2.03. The minimum absolute atomic E-state index is 0.121. The Morgan fingerprint density at radius 3 is 2.86 bits per heavy atom. The Hall–Kier alpha value is -1.76. The van der Waals surface area contributed by atoms with Crippen molar-refractivity contribution >= 4 is 45.8 Å². The van der Waals surface area contributed by atoms with E-state index < -0.39 is 0 Å². The molecule has 0 saturated carbocycles. The van der Waals surface area contributed by atoms with Gasteiger partial charge >= 0.3 is 0 Å². The first-order valence-electron chi connectivity index (χ1n) is 7.39. The van der Waals surface area contributed by atoms with Gasteiger partial charge in [-0.2, -0.15) is 0 Å². The van der Waals surface area contributed by atoms with Crippen LogP contribution in [-0.4, -0.2) is 16.0 Å². The van der Waals surface area contributed by atoms with Crippen LogP contribution in [0, 0.1) is 3.57 Å². The summed E-state index contributed by atoms with van der Waals surface area (Å²) in [6.07, 6.45) is 5.89. The second-order valence-electron chi connectivity index (χ2n) is 5.75. The fourth-order valence-corrected chi connectivity index (χ4v) is 3.73. The molecule has 22 heavy (non-hydrogen) atoms. The van der Waals surface area contributed by atoms with Crippen molar-refractivity contribution in [3.63, 3.8) is 0 Å². The van der Waals surface area contributed by atoms with Gasteiger partial charge in [0.1, 0.15) is 5.75 Å². The number of hydrogen-bond acceptors (Lipinski definition) is 2. The van der Waals surface area contributed by atoms with Gasteiger partial charge in [0.15, 0.2) is 0 Å². The Labute approximate surface area is 141 Å². The Balaban J connectivity index is 1.83. The maximum absolute atomic E-state index is 12.2. The molecule has 0 spiro atoms. The lowest BCUT2D eigenvalue weighted by atomic mass is 9.97. The van der Waals surface area contributed by atoms with Gasteiger partial charge in [-0.05, 0) is 72.5 Å². The van der Waals surface area contributed by atoms with Crippen LogP contribution in [0.5, 0.6) is 5.75 Å². The van der Waals surface area contributed by atoms with E-state index >= 15 is 0 Å². The summed E-state index contributed by atoms with van der Waals surface area (Å²) in [5.74, 6) is 0.179. The van der Waals surface area contributed by atoms with E-state index in [1.54, 1.807) is 6.08 Å². The molecule has 4 rings (SSSR count).